The lowest BCUT2D eigenvalue weighted by Crippen LogP contribution is -2.33. The number of ether oxygens (including phenoxy) is 3. The number of pyridine rings is 1. The van der Waals surface area contributed by atoms with Gasteiger partial charge in [-0.25, -0.2) is 14.3 Å². The van der Waals surface area contributed by atoms with Gasteiger partial charge in [-0.3, -0.25) is 0 Å². The van der Waals surface area contributed by atoms with Crippen molar-refractivity contribution in [2.75, 3.05) is 33.9 Å². The van der Waals surface area contributed by atoms with Crippen LogP contribution in [0.25, 0.3) is 16.9 Å². The van der Waals surface area contributed by atoms with Crippen molar-refractivity contribution in [2.45, 2.75) is 58.3 Å². The second-order valence-corrected chi connectivity index (χ2v) is 9.23. The van der Waals surface area contributed by atoms with Gasteiger partial charge in [0.15, 0.2) is 17.2 Å². The molecule has 4 rings (SSSR count). The Bertz CT molecular complexity index is 1200. The fourth-order valence-corrected chi connectivity index (χ4v) is 4.40. The van der Waals surface area contributed by atoms with Gasteiger partial charge in [-0.05, 0) is 62.8 Å². The molecule has 0 N–H and O–H groups in total. The number of aromatic nitrogens is 3. The van der Waals surface area contributed by atoms with Crippen LogP contribution in [-0.2, 0) is 10.2 Å². The summed E-state index contributed by atoms with van der Waals surface area (Å²) in [5, 5.41) is 4.90. The summed E-state index contributed by atoms with van der Waals surface area (Å²) in [7, 11) is 3.34. The Morgan fingerprint density at radius 1 is 1.09 bits per heavy atom. The van der Waals surface area contributed by atoms with Gasteiger partial charge in [-0.2, -0.15) is 0 Å². The van der Waals surface area contributed by atoms with E-state index in [1.165, 1.54) is 5.56 Å². The van der Waals surface area contributed by atoms with Gasteiger partial charge < -0.3 is 19.1 Å². The lowest BCUT2D eigenvalue weighted by molar-refractivity contribution is 0.0961. The highest BCUT2D eigenvalue weighted by molar-refractivity contribution is 5.69. The smallest absolute Gasteiger partial charge is 0.409 e. The van der Waals surface area contributed by atoms with E-state index in [1.54, 1.807) is 19.1 Å². The fraction of sp³-hybridized carbons (Fsp3) is 0.519. The van der Waals surface area contributed by atoms with Crippen LogP contribution in [0.5, 0.6) is 11.5 Å². The molecular formula is C27H36N4O4. The van der Waals surface area contributed by atoms with Crippen molar-refractivity contribution in [1.82, 2.24) is 19.5 Å². The first-order chi connectivity index (χ1) is 16.9. The van der Waals surface area contributed by atoms with E-state index < -0.39 is 0 Å². The summed E-state index contributed by atoms with van der Waals surface area (Å²) in [6.07, 6.45) is 2.50. The minimum atomic E-state index is -0.352. The van der Waals surface area contributed by atoms with E-state index in [0.29, 0.717) is 36.2 Å². The van der Waals surface area contributed by atoms with Gasteiger partial charge in [0.2, 0.25) is 0 Å². The molecule has 1 aromatic carbocycles. The Morgan fingerprint density at radius 2 is 1.80 bits per heavy atom. The van der Waals surface area contributed by atoms with Gasteiger partial charge in [-0.1, -0.05) is 26.0 Å². The summed E-state index contributed by atoms with van der Waals surface area (Å²) < 4.78 is 18.8. The van der Waals surface area contributed by atoms with Crippen molar-refractivity contribution in [1.29, 1.82) is 0 Å². The Kier molecular flexibility index (Phi) is 7.19. The molecule has 1 amide bonds. The molecule has 0 radical (unpaired) electrons. The highest BCUT2D eigenvalue weighted by Gasteiger charge is 2.49. The normalized spacial score (nSPS) is 15.0. The standard InChI is InChI=1S/C27H36N4O4/c1-7-18(4)20-11-10-19(16-23(20)34-6)21-12-13-22(33-5)24-28-25(29-31(21)24)27(14-15-27)17-35-26(32)30(8-2)9-3/h10-13,16,18H,7-9,14-15,17H2,1-6H3. The summed E-state index contributed by atoms with van der Waals surface area (Å²) in [6, 6.07) is 10.2. The average molecular weight is 481 g/mol. The van der Waals surface area contributed by atoms with Crippen molar-refractivity contribution in [3.8, 4) is 22.8 Å². The van der Waals surface area contributed by atoms with E-state index in [4.69, 9.17) is 24.3 Å². The molecule has 1 aliphatic rings. The maximum absolute atomic E-state index is 12.4. The molecule has 1 saturated carbocycles. The van der Waals surface area contributed by atoms with Crippen LogP contribution in [0.1, 0.15) is 64.3 Å². The third-order valence-electron chi connectivity index (χ3n) is 7.16. The minimum absolute atomic E-state index is 0.272. The number of carbonyl (C=O) groups is 1. The number of benzene rings is 1. The maximum atomic E-state index is 12.4. The highest BCUT2D eigenvalue weighted by atomic mass is 16.6. The molecule has 1 fully saturated rings. The Hall–Kier alpha value is -3.29. The van der Waals surface area contributed by atoms with E-state index in [2.05, 4.69) is 32.0 Å². The molecule has 1 aliphatic carbocycles. The lowest BCUT2D eigenvalue weighted by Gasteiger charge is -2.20. The number of fused-ring (bicyclic) bond motifs is 1. The third kappa shape index (κ3) is 4.66. The third-order valence-corrected chi connectivity index (χ3v) is 7.16. The maximum Gasteiger partial charge on any atom is 0.409 e. The van der Waals surface area contributed by atoms with E-state index in [9.17, 15) is 4.79 Å². The number of amides is 1. The lowest BCUT2D eigenvalue weighted by atomic mass is 9.95. The number of methoxy groups -OCH3 is 2. The van der Waals surface area contributed by atoms with Crippen LogP contribution < -0.4 is 9.47 Å². The zero-order valence-corrected chi connectivity index (χ0v) is 21.6. The average Bonchev–Trinajstić information content (AvgIpc) is 3.55. The van der Waals surface area contributed by atoms with Gasteiger partial charge in [0.25, 0.3) is 0 Å². The molecule has 188 valence electrons. The largest absolute Gasteiger partial charge is 0.496 e. The second kappa shape index (κ2) is 10.1. The van der Waals surface area contributed by atoms with Gasteiger partial charge >= 0.3 is 6.09 Å². The molecule has 35 heavy (non-hydrogen) atoms. The van der Waals surface area contributed by atoms with Crippen LogP contribution in [-0.4, -0.2) is 59.5 Å². The SMILES string of the molecule is CCC(C)c1ccc(-c2ccc(OC)c3nc(C4(COC(=O)N(CC)CC)CC4)nn23)cc1OC. The number of hydrogen-bond donors (Lipinski definition) is 0. The van der Waals surface area contributed by atoms with Gasteiger partial charge in [0, 0.05) is 18.7 Å². The zero-order valence-electron chi connectivity index (χ0n) is 21.6. The van der Waals surface area contributed by atoms with Crippen LogP contribution in [0, 0.1) is 0 Å². The number of nitrogens with zero attached hydrogens (tertiary/aromatic N) is 4. The second-order valence-electron chi connectivity index (χ2n) is 9.23. The minimum Gasteiger partial charge on any atom is -0.496 e. The highest BCUT2D eigenvalue weighted by Crippen LogP contribution is 2.47. The van der Waals surface area contributed by atoms with E-state index >= 15 is 0 Å². The topological polar surface area (TPSA) is 78.2 Å². The van der Waals surface area contributed by atoms with Crippen LogP contribution >= 0.6 is 0 Å². The molecule has 0 spiro atoms. The van der Waals surface area contributed by atoms with E-state index in [-0.39, 0.29) is 18.1 Å². The molecule has 0 bridgehead atoms. The zero-order chi connectivity index (χ0) is 25.2. The molecular weight excluding hydrogens is 444 g/mol. The van der Waals surface area contributed by atoms with E-state index in [1.807, 2.05) is 30.5 Å². The molecule has 2 heterocycles. The monoisotopic (exact) mass is 480 g/mol. The first-order valence-electron chi connectivity index (χ1n) is 12.5. The van der Waals surface area contributed by atoms with Crippen molar-refractivity contribution in [3.05, 3.63) is 41.7 Å². The predicted molar refractivity (Wildman–Crippen MR) is 135 cm³/mol. The number of hydrogen-bond acceptors (Lipinski definition) is 6. The Labute approximate surface area is 207 Å². The van der Waals surface area contributed by atoms with Gasteiger partial charge in [-0.15, -0.1) is 5.10 Å². The molecule has 0 aliphatic heterocycles. The van der Waals surface area contributed by atoms with Crippen molar-refractivity contribution < 1.29 is 19.0 Å². The van der Waals surface area contributed by atoms with Crippen molar-refractivity contribution >= 4 is 11.7 Å². The van der Waals surface area contributed by atoms with Crippen molar-refractivity contribution in [2.24, 2.45) is 0 Å². The van der Waals surface area contributed by atoms with Gasteiger partial charge in [0.1, 0.15) is 12.4 Å². The predicted octanol–water partition coefficient (Wildman–Crippen LogP) is 5.44. The quantitative estimate of drug-likeness (QED) is 0.385. The molecule has 1 atom stereocenters. The molecule has 3 aromatic rings. The molecule has 1 unspecified atom stereocenters. The van der Waals surface area contributed by atoms with Crippen LogP contribution in [0.2, 0.25) is 0 Å². The van der Waals surface area contributed by atoms with Crippen LogP contribution in [0.3, 0.4) is 0 Å². The molecule has 0 saturated heterocycles. The fourth-order valence-electron chi connectivity index (χ4n) is 4.40. The summed E-state index contributed by atoms with van der Waals surface area (Å²) in [5.74, 6) is 2.59. The van der Waals surface area contributed by atoms with Crippen molar-refractivity contribution in [3.63, 3.8) is 0 Å². The summed E-state index contributed by atoms with van der Waals surface area (Å²) in [6.45, 7) is 9.78. The molecule has 8 heteroatoms. The van der Waals surface area contributed by atoms with Crippen LogP contribution in [0.15, 0.2) is 30.3 Å². The number of carbonyl (C=O) groups excluding carboxylic acids is 1. The first-order valence-corrected chi connectivity index (χ1v) is 12.5. The van der Waals surface area contributed by atoms with E-state index in [0.717, 1.165) is 36.3 Å². The summed E-state index contributed by atoms with van der Waals surface area (Å²) in [5.41, 5.74) is 3.36. The van der Waals surface area contributed by atoms with Gasteiger partial charge in [0.05, 0.1) is 25.3 Å². The molecule has 2 aromatic heterocycles. The Balaban J connectivity index is 1.71. The Morgan fingerprint density at radius 3 is 2.40 bits per heavy atom. The summed E-state index contributed by atoms with van der Waals surface area (Å²) >= 11 is 0. The number of rotatable bonds is 10. The van der Waals surface area contributed by atoms with Crippen LogP contribution in [0.4, 0.5) is 4.79 Å². The first kappa shape index (κ1) is 24.8. The summed E-state index contributed by atoms with van der Waals surface area (Å²) in [4.78, 5) is 18.9. The molecule has 8 nitrogen and oxygen atoms in total.